The molecule has 1 atom stereocenters. The van der Waals surface area contributed by atoms with Crippen LogP contribution in [0, 0.1) is 11.7 Å². The summed E-state index contributed by atoms with van der Waals surface area (Å²) < 4.78 is 100. The van der Waals surface area contributed by atoms with Gasteiger partial charge in [0.05, 0.1) is 5.56 Å². The second kappa shape index (κ2) is 10.7. The van der Waals surface area contributed by atoms with Crippen LogP contribution in [0.4, 0.5) is 30.7 Å². The Hall–Kier alpha value is -3.37. The average Bonchev–Trinajstić information content (AvgIpc) is 2.80. The van der Waals surface area contributed by atoms with E-state index in [4.69, 9.17) is 4.74 Å². The quantitative estimate of drug-likeness (QED) is 0.217. The van der Waals surface area contributed by atoms with Gasteiger partial charge in [-0.3, -0.25) is 0 Å². The predicted octanol–water partition coefficient (Wildman–Crippen LogP) is 7.43. The van der Waals surface area contributed by atoms with Crippen molar-refractivity contribution in [1.82, 2.24) is 0 Å². The van der Waals surface area contributed by atoms with Crippen molar-refractivity contribution in [3.8, 4) is 11.5 Å². The second-order valence-corrected chi connectivity index (χ2v) is 8.30. The fraction of sp³-hybridized carbons (Fsp3) is 0.360. The van der Waals surface area contributed by atoms with Crippen molar-refractivity contribution in [3.05, 3.63) is 65.2 Å². The highest BCUT2D eigenvalue weighted by Crippen LogP contribution is 2.39. The Morgan fingerprint density at radius 2 is 1.64 bits per heavy atom. The minimum Gasteiger partial charge on any atom is -0.423 e. The van der Waals surface area contributed by atoms with E-state index in [0.717, 1.165) is 25.3 Å². The van der Waals surface area contributed by atoms with E-state index < -0.39 is 41.4 Å². The minimum absolute atomic E-state index is 0.0418. The number of alkyl halides is 5. The van der Waals surface area contributed by atoms with Crippen molar-refractivity contribution >= 4 is 17.5 Å². The summed E-state index contributed by atoms with van der Waals surface area (Å²) in [5, 5.41) is 0. The molecule has 4 nitrogen and oxygen atoms in total. The Kier molecular flexibility index (Phi) is 8.10. The van der Waals surface area contributed by atoms with Gasteiger partial charge in [0.1, 0.15) is 11.6 Å². The first-order valence-electron chi connectivity index (χ1n) is 11.0. The van der Waals surface area contributed by atoms with Gasteiger partial charge in [-0.2, -0.15) is 22.0 Å². The van der Waals surface area contributed by atoms with Crippen LogP contribution in [0.3, 0.4) is 0 Å². The number of hydrogen-bond donors (Lipinski definition) is 0. The van der Waals surface area contributed by atoms with Gasteiger partial charge in [-0.1, -0.05) is 31.9 Å². The monoisotopic (exact) mass is 518 g/mol. The molecule has 0 radical (unpaired) electrons. The lowest BCUT2D eigenvalue weighted by Crippen LogP contribution is -2.46. The molecule has 0 heterocycles. The van der Waals surface area contributed by atoms with E-state index >= 15 is 0 Å². The molecule has 0 bridgehead atoms. The molecule has 2 aromatic carbocycles. The number of carbonyl (C=O) groups is 2. The number of esters is 2. The van der Waals surface area contributed by atoms with Crippen LogP contribution in [0.5, 0.6) is 11.5 Å². The van der Waals surface area contributed by atoms with Gasteiger partial charge in [0.2, 0.25) is 0 Å². The number of halogens is 7. The van der Waals surface area contributed by atoms with Gasteiger partial charge in [-0.25, -0.2) is 18.4 Å². The molecule has 1 aliphatic carbocycles. The molecule has 0 fully saturated rings. The van der Waals surface area contributed by atoms with E-state index in [1.807, 2.05) is 6.92 Å². The highest BCUT2D eigenvalue weighted by molar-refractivity contribution is 5.91. The molecule has 0 N–H and O–H groups in total. The van der Waals surface area contributed by atoms with Gasteiger partial charge >= 0.3 is 24.0 Å². The van der Waals surface area contributed by atoms with E-state index in [1.165, 1.54) is 12.1 Å². The summed E-state index contributed by atoms with van der Waals surface area (Å²) in [4.78, 5) is 23.5. The van der Waals surface area contributed by atoms with Gasteiger partial charge < -0.3 is 9.47 Å². The Balaban J connectivity index is 1.66. The van der Waals surface area contributed by atoms with Gasteiger partial charge in [-0.05, 0) is 54.2 Å². The van der Waals surface area contributed by atoms with E-state index in [-0.39, 0.29) is 11.4 Å². The molecule has 0 amide bonds. The molecule has 11 heteroatoms. The summed E-state index contributed by atoms with van der Waals surface area (Å²) in [6.45, 7) is 2.05. The largest absolute Gasteiger partial charge is 0.465 e. The van der Waals surface area contributed by atoms with E-state index in [2.05, 4.69) is 4.74 Å². The Labute approximate surface area is 201 Å². The molecule has 0 aromatic heterocycles. The van der Waals surface area contributed by atoms with E-state index in [0.29, 0.717) is 42.0 Å². The smallest absolute Gasteiger partial charge is 0.423 e. The number of ether oxygens (including phenoxy) is 2. The zero-order valence-corrected chi connectivity index (χ0v) is 18.9. The SMILES string of the molecule is CCCC1CCC(c2ccc(C(=O)Oc3ccc(OC(=O)C(F)(F)C(F)(F)F)c(F)c3)cc2)=C(F)C1. The molecule has 0 spiro atoms. The van der Waals surface area contributed by atoms with Crippen molar-refractivity contribution in [2.75, 3.05) is 0 Å². The number of hydrogen-bond acceptors (Lipinski definition) is 4. The summed E-state index contributed by atoms with van der Waals surface area (Å²) in [6.07, 6.45) is -2.47. The second-order valence-electron chi connectivity index (χ2n) is 8.30. The first-order chi connectivity index (χ1) is 16.8. The fourth-order valence-electron chi connectivity index (χ4n) is 3.80. The van der Waals surface area contributed by atoms with Crippen molar-refractivity contribution in [2.24, 2.45) is 5.92 Å². The van der Waals surface area contributed by atoms with Crippen LogP contribution in [0.25, 0.3) is 5.57 Å². The van der Waals surface area contributed by atoms with Crippen molar-refractivity contribution in [2.45, 2.75) is 51.1 Å². The van der Waals surface area contributed by atoms with Crippen LogP contribution in [0.1, 0.15) is 54.9 Å². The molecule has 2 aromatic rings. The maximum absolute atomic E-state index is 14.6. The Bertz CT molecular complexity index is 1150. The summed E-state index contributed by atoms with van der Waals surface area (Å²) >= 11 is 0. The maximum atomic E-state index is 14.6. The number of rotatable bonds is 7. The summed E-state index contributed by atoms with van der Waals surface area (Å²) in [5.74, 6) is -12.8. The first-order valence-corrected chi connectivity index (χ1v) is 11.0. The van der Waals surface area contributed by atoms with Gasteiger partial charge in [0, 0.05) is 12.5 Å². The van der Waals surface area contributed by atoms with Crippen molar-refractivity contribution in [1.29, 1.82) is 0 Å². The Morgan fingerprint density at radius 3 is 2.19 bits per heavy atom. The Morgan fingerprint density at radius 1 is 0.972 bits per heavy atom. The van der Waals surface area contributed by atoms with Crippen LogP contribution in [-0.2, 0) is 4.79 Å². The number of benzene rings is 2. The van der Waals surface area contributed by atoms with Gasteiger partial charge in [0.25, 0.3) is 0 Å². The molecule has 0 saturated heterocycles. The summed E-state index contributed by atoms with van der Waals surface area (Å²) in [5.41, 5.74) is 1.23. The lowest BCUT2D eigenvalue weighted by molar-refractivity contribution is -0.276. The predicted molar refractivity (Wildman–Crippen MR) is 115 cm³/mol. The third kappa shape index (κ3) is 6.06. The van der Waals surface area contributed by atoms with E-state index in [1.54, 1.807) is 12.1 Å². The molecule has 1 aliphatic rings. The third-order valence-electron chi connectivity index (χ3n) is 5.69. The van der Waals surface area contributed by atoms with Gasteiger partial charge in [0.15, 0.2) is 11.6 Å². The highest BCUT2D eigenvalue weighted by Gasteiger charge is 2.65. The van der Waals surface area contributed by atoms with Crippen LogP contribution in [0.15, 0.2) is 48.3 Å². The lowest BCUT2D eigenvalue weighted by atomic mass is 9.83. The van der Waals surface area contributed by atoms with Crippen LogP contribution in [-0.4, -0.2) is 24.0 Å². The van der Waals surface area contributed by atoms with Crippen LogP contribution >= 0.6 is 0 Å². The number of allylic oxidation sites excluding steroid dienone is 2. The van der Waals surface area contributed by atoms with Crippen molar-refractivity contribution < 1.29 is 49.8 Å². The van der Waals surface area contributed by atoms with Crippen molar-refractivity contribution in [3.63, 3.8) is 0 Å². The molecule has 1 unspecified atom stereocenters. The summed E-state index contributed by atoms with van der Waals surface area (Å²) in [7, 11) is 0. The molecule has 0 aliphatic heterocycles. The lowest BCUT2D eigenvalue weighted by Gasteiger charge is -2.23. The normalized spacial score (nSPS) is 16.6. The van der Waals surface area contributed by atoms with Gasteiger partial charge in [-0.15, -0.1) is 0 Å². The molecule has 36 heavy (non-hydrogen) atoms. The standard InChI is InChI=1S/C25H21F7O4/c1-2-3-14-4-10-18(19(26)12-14)15-5-7-16(8-6-15)22(33)35-17-9-11-21(20(27)13-17)36-23(34)24(28,29)25(30,31)32/h5-9,11,13-14H,2-4,10,12H2,1H3. The maximum Gasteiger partial charge on any atom is 0.465 e. The van der Waals surface area contributed by atoms with E-state index in [9.17, 15) is 40.3 Å². The summed E-state index contributed by atoms with van der Waals surface area (Å²) in [6, 6.07) is 7.78. The fourth-order valence-corrected chi connectivity index (χ4v) is 3.80. The zero-order valence-electron chi connectivity index (χ0n) is 18.9. The average molecular weight is 518 g/mol. The molecule has 3 rings (SSSR count). The third-order valence-corrected chi connectivity index (χ3v) is 5.69. The molecular weight excluding hydrogens is 497 g/mol. The van der Waals surface area contributed by atoms with Crippen LogP contribution in [0.2, 0.25) is 0 Å². The molecule has 194 valence electrons. The minimum atomic E-state index is -6.22. The number of carbonyl (C=O) groups excluding carboxylic acids is 2. The molecular formula is C25H21F7O4. The zero-order chi connectivity index (χ0) is 26.7. The highest BCUT2D eigenvalue weighted by atomic mass is 19.4. The first kappa shape index (κ1) is 27.2. The molecule has 0 saturated carbocycles. The topological polar surface area (TPSA) is 52.6 Å². The van der Waals surface area contributed by atoms with Crippen LogP contribution < -0.4 is 9.47 Å².